The Bertz CT molecular complexity index is 159. The minimum Gasteiger partial charge on any atom is -0.298 e. The summed E-state index contributed by atoms with van der Waals surface area (Å²) in [7, 11) is 0. The van der Waals surface area contributed by atoms with Gasteiger partial charge in [-0.1, -0.05) is 0 Å². The fraction of sp³-hybridized carbons (Fsp3) is 1.00. The topological polar surface area (TPSA) is 12.0 Å². The highest BCUT2D eigenvalue weighted by Crippen LogP contribution is 2.35. The van der Waals surface area contributed by atoms with E-state index in [2.05, 4.69) is 5.32 Å². The summed E-state index contributed by atoms with van der Waals surface area (Å²) in [6, 6.07) is -0.568. The predicted molar refractivity (Wildman–Crippen MR) is 41.0 cm³/mol. The summed E-state index contributed by atoms with van der Waals surface area (Å²) in [5.74, 6) is -1.24. The molecule has 3 unspecified atom stereocenters. The Labute approximate surface area is 74.3 Å². The molecule has 0 amide bonds. The van der Waals surface area contributed by atoms with Gasteiger partial charge in [0.05, 0.1) is 11.4 Å². The van der Waals surface area contributed by atoms with Crippen molar-refractivity contribution in [1.29, 1.82) is 0 Å². The van der Waals surface area contributed by atoms with E-state index in [1.807, 2.05) is 0 Å². The van der Waals surface area contributed by atoms with Crippen molar-refractivity contribution in [1.82, 2.24) is 5.32 Å². The summed E-state index contributed by atoms with van der Waals surface area (Å²) in [6.07, 6.45) is -3.58. The van der Waals surface area contributed by atoms with Gasteiger partial charge in [-0.05, 0) is 19.8 Å². The normalized spacial score (nSPS) is 38.2. The lowest BCUT2D eigenvalue weighted by atomic mass is 9.91. The summed E-state index contributed by atoms with van der Waals surface area (Å²) in [4.78, 5) is 0. The van der Waals surface area contributed by atoms with E-state index < -0.39 is 18.1 Å². The second-order valence-electron chi connectivity index (χ2n) is 3.15. The van der Waals surface area contributed by atoms with E-state index in [0.29, 0.717) is 6.42 Å². The average molecular weight is 202 g/mol. The molecule has 1 heterocycles. The highest BCUT2D eigenvalue weighted by Gasteiger charge is 2.45. The van der Waals surface area contributed by atoms with Crippen molar-refractivity contribution in [2.45, 2.75) is 37.5 Å². The van der Waals surface area contributed by atoms with Crippen LogP contribution in [0.3, 0.4) is 0 Å². The van der Waals surface area contributed by atoms with Crippen LogP contribution >= 0.6 is 11.6 Å². The van der Waals surface area contributed by atoms with Crippen LogP contribution in [-0.4, -0.2) is 17.7 Å². The lowest BCUT2D eigenvalue weighted by Gasteiger charge is -2.33. The maximum Gasteiger partial charge on any atom is 0.393 e. The third kappa shape index (κ3) is 2.26. The molecule has 0 aromatic heterocycles. The monoisotopic (exact) mass is 201 g/mol. The van der Waals surface area contributed by atoms with E-state index in [9.17, 15) is 13.2 Å². The first-order valence-corrected chi connectivity index (χ1v) is 4.31. The third-order valence-electron chi connectivity index (χ3n) is 2.20. The molecule has 3 atom stereocenters. The van der Waals surface area contributed by atoms with Crippen LogP contribution < -0.4 is 5.32 Å². The quantitative estimate of drug-likeness (QED) is 0.469. The SMILES string of the molecule is CC1NC(Cl)CCC1C(F)(F)F. The smallest absolute Gasteiger partial charge is 0.298 e. The lowest BCUT2D eigenvalue weighted by molar-refractivity contribution is -0.187. The first kappa shape index (κ1) is 10.1. The van der Waals surface area contributed by atoms with Crippen molar-refractivity contribution in [3.05, 3.63) is 0 Å². The number of nitrogens with one attached hydrogen (secondary N) is 1. The fourth-order valence-corrected chi connectivity index (χ4v) is 1.83. The number of hydrogen-bond acceptors (Lipinski definition) is 1. The van der Waals surface area contributed by atoms with Gasteiger partial charge in [-0.3, -0.25) is 5.32 Å². The molecule has 0 spiro atoms. The first-order valence-electron chi connectivity index (χ1n) is 3.88. The predicted octanol–water partition coefficient (Wildman–Crippen LogP) is 2.50. The first-order chi connectivity index (χ1) is 5.41. The van der Waals surface area contributed by atoms with Crippen LogP contribution in [-0.2, 0) is 0 Å². The van der Waals surface area contributed by atoms with Gasteiger partial charge in [-0.2, -0.15) is 13.2 Å². The second kappa shape index (κ2) is 3.42. The van der Waals surface area contributed by atoms with Crippen molar-refractivity contribution in [2.75, 3.05) is 0 Å². The van der Waals surface area contributed by atoms with Crippen LogP contribution in [0.15, 0.2) is 0 Å². The molecule has 1 nitrogen and oxygen atoms in total. The van der Waals surface area contributed by atoms with Gasteiger partial charge in [0, 0.05) is 6.04 Å². The van der Waals surface area contributed by atoms with Crippen LogP contribution in [0, 0.1) is 5.92 Å². The van der Waals surface area contributed by atoms with E-state index in [0.717, 1.165) is 0 Å². The molecular weight excluding hydrogens is 191 g/mol. The number of hydrogen-bond donors (Lipinski definition) is 1. The minimum atomic E-state index is -4.09. The van der Waals surface area contributed by atoms with Gasteiger partial charge in [0.15, 0.2) is 0 Å². The molecule has 5 heteroatoms. The largest absolute Gasteiger partial charge is 0.393 e. The summed E-state index contributed by atoms with van der Waals surface area (Å²) in [5.41, 5.74) is -0.307. The number of alkyl halides is 4. The zero-order chi connectivity index (χ0) is 9.35. The Morgan fingerprint density at radius 2 is 1.92 bits per heavy atom. The van der Waals surface area contributed by atoms with Gasteiger partial charge < -0.3 is 0 Å². The van der Waals surface area contributed by atoms with Crippen LogP contribution in [0.4, 0.5) is 13.2 Å². The Morgan fingerprint density at radius 3 is 2.33 bits per heavy atom. The molecule has 1 N–H and O–H groups in total. The summed E-state index contributed by atoms with van der Waals surface area (Å²) in [5, 5.41) is 2.68. The zero-order valence-corrected chi connectivity index (χ0v) is 7.41. The van der Waals surface area contributed by atoms with Crippen molar-refractivity contribution < 1.29 is 13.2 Å². The molecule has 0 aromatic rings. The molecule has 0 radical (unpaired) electrons. The highest BCUT2D eigenvalue weighted by atomic mass is 35.5. The van der Waals surface area contributed by atoms with Gasteiger partial charge in [0.1, 0.15) is 0 Å². The summed E-state index contributed by atoms with van der Waals surface area (Å²) in [6.45, 7) is 1.52. The number of rotatable bonds is 0. The lowest BCUT2D eigenvalue weighted by Crippen LogP contribution is -2.48. The molecule has 0 aromatic carbocycles. The van der Waals surface area contributed by atoms with Gasteiger partial charge in [0.2, 0.25) is 0 Å². The van der Waals surface area contributed by atoms with Gasteiger partial charge >= 0.3 is 6.18 Å². The van der Waals surface area contributed by atoms with Crippen LogP contribution in [0.2, 0.25) is 0 Å². The molecule has 1 aliphatic rings. The van der Waals surface area contributed by atoms with Crippen molar-refractivity contribution in [2.24, 2.45) is 5.92 Å². The van der Waals surface area contributed by atoms with Crippen LogP contribution in [0.5, 0.6) is 0 Å². The molecule has 0 bridgehead atoms. The maximum absolute atomic E-state index is 12.2. The van der Waals surface area contributed by atoms with E-state index in [1.165, 1.54) is 6.92 Å². The van der Waals surface area contributed by atoms with E-state index in [4.69, 9.17) is 11.6 Å². The standard InChI is InChI=1S/C7H11ClF3N/c1-4-5(7(9,10)11)2-3-6(8)12-4/h4-6,12H,2-3H2,1H3. The molecule has 1 rings (SSSR count). The molecule has 12 heavy (non-hydrogen) atoms. The van der Waals surface area contributed by atoms with Crippen molar-refractivity contribution >= 4 is 11.6 Å². The Balaban J connectivity index is 2.57. The average Bonchev–Trinajstić information content (AvgIpc) is 1.83. The Hall–Kier alpha value is 0.0400. The summed E-state index contributed by atoms with van der Waals surface area (Å²) >= 11 is 5.65. The Kier molecular flexibility index (Phi) is 2.88. The van der Waals surface area contributed by atoms with Crippen LogP contribution in [0.25, 0.3) is 0 Å². The molecule has 72 valence electrons. The van der Waals surface area contributed by atoms with Gasteiger partial charge in [-0.15, -0.1) is 11.6 Å². The molecule has 1 fully saturated rings. The van der Waals surface area contributed by atoms with E-state index in [-0.39, 0.29) is 11.9 Å². The van der Waals surface area contributed by atoms with Crippen molar-refractivity contribution in [3.8, 4) is 0 Å². The molecule has 1 saturated heterocycles. The highest BCUT2D eigenvalue weighted by molar-refractivity contribution is 6.20. The van der Waals surface area contributed by atoms with Crippen LogP contribution in [0.1, 0.15) is 19.8 Å². The zero-order valence-electron chi connectivity index (χ0n) is 6.66. The third-order valence-corrected chi connectivity index (χ3v) is 2.54. The van der Waals surface area contributed by atoms with E-state index in [1.54, 1.807) is 0 Å². The van der Waals surface area contributed by atoms with Crippen molar-refractivity contribution in [3.63, 3.8) is 0 Å². The van der Waals surface area contributed by atoms with E-state index >= 15 is 0 Å². The van der Waals surface area contributed by atoms with Gasteiger partial charge in [0.25, 0.3) is 0 Å². The minimum absolute atomic E-state index is 0.131. The fourth-order valence-electron chi connectivity index (χ4n) is 1.51. The number of halogens is 4. The Morgan fingerprint density at radius 1 is 1.33 bits per heavy atom. The number of piperidine rings is 1. The summed E-state index contributed by atoms with van der Waals surface area (Å²) < 4.78 is 36.7. The molecule has 1 aliphatic heterocycles. The van der Waals surface area contributed by atoms with Gasteiger partial charge in [-0.25, -0.2) is 0 Å². The molecular formula is C7H11ClF3N. The molecule has 0 saturated carbocycles. The second-order valence-corrected chi connectivity index (χ2v) is 3.68. The maximum atomic E-state index is 12.2. The molecule has 0 aliphatic carbocycles.